The van der Waals surface area contributed by atoms with Gasteiger partial charge in [0.25, 0.3) is 0 Å². The zero-order valence-electron chi connectivity index (χ0n) is 17.0. The van der Waals surface area contributed by atoms with Crippen LogP contribution in [0.3, 0.4) is 0 Å². The van der Waals surface area contributed by atoms with E-state index < -0.39 is 24.7 Å². The van der Waals surface area contributed by atoms with E-state index in [9.17, 15) is 34.2 Å². The summed E-state index contributed by atoms with van der Waals surface area (Å²) in [7, 11) is 0. The summed E-state index contributed by atoms with van der Waals surface area (Å²) in [4.78, 5) is 55.0. The molecule has 0 aliphatic rings. The fourth-order valence-corrected chi connectivity index (χ4v) is 2.10. The minimum atomic E-state index is -1.62. The molecule has 0 aromatic heterocycles. The van der Waals surface area contributed by atoms with Crippen molar-refractivity contribution in [3.05, 3.63) is 0 Å². The lowest BCUT2D eigenvalue weighted by Gasteiger charge is -2.22. The highest BCUT2D eigenvalue weighted by Crippen LogP contribution is 1.86. The smallest absolute Gasteiger partial charge is 0.323 e. The Morgan fingerprint density at radius 1 is 0.677 bits per heavy atom. The molecule has 0 fully saturated rings. The SMILES string of the molecule is O=C(O)CN(CCNC(=O)CNCCNCCNCC(=O)NCCNC(=O)[O-])C(=O)[O-]. The number of hydrogen-bond donors (Lipinski definition) is 7. The van der Waals surface area contributed by atoms with Crippen molar-refractivity contribution in [1.29, 1.82) is 0 Å². The summed E-state index contributed by atoms with van der Waals surface area (Å²) < 4.78 is 0. The van der Waals surface area contributed by atoms with Gasteiger partial charge in [0.1, 0.15) is 18.7 Å². The lowest BCUT2D eigenvalue weighted by atomic mass is 10.4. The van der Waals surface area contributed by atoms with Crippen LogP contribution in [-0.4, -0.2) is 112 Å². The van der Waals surface area contributed by atoms with Gasteiger partial charge in [-0.2, -0.15) is 0 Å². The fourth-order valence-electron chi connectivity index (χ4n) is 2.10. The van der Waals surface area contributed by atoms with Gasteiger partial charge in [0.2, 0.25) is 11.8 Å². The summed E-state index contributed by atoms with van der Waals surface area (Å²) in [5, 5.41) is 45.3. The topological polar surface area (TPSA) is 227 Å². The summed E-state index contributed by atoms with van der Waals surface area (Å²) in [5.74, 6) is -1.94. The van der Waals surface area contributed by atoms with Crippen molar-refractivity contribution >= 4 is 30.0 Å². The maximum atomic E-state index is 11.6. The fraction of sp³-hybridized carbons (Fsp3) is 0.688. The Morgan fingerprint density at radius 2 is 1.16 bits per heavy atom. The van der Waals surface area contributed by atoms with Crippen molar-refractivity contribution in [1.82, 2.24) is 36.8 Å². The maximum absolute atomic E-state index is 11.6. The van der Waals surface area contributed by atoms with Crippen LogP contribution in [-0.2, 0) is 14.4 Å². The molecule has 31 heavy (non-hydrogen) atoms. The van der Waals surface area contributed by atoms with Crippen LogP contribution in [0.5, 0.6) is 0 Å². The van der Waals surface area contributed by atoms with Gasteiger partial charge in [-0.15, -0.1) is 0 Å². The molecule has 15 nitrogen and oxygen atoms in total. The second-order valence-corrected chi connectivity index (χ2v) is 6.10. The summed E-state index contributed by atoms with van der Waals surface area (Å²) in [6.07, 6.45) is -3.02. The van der Waals surface area contributed by atoms with Crippen molar-refractivity contribution in [2.45, 2.75) is 0 Å². The van der Waals surface area contributed by atoms with Crippen LogP contribution in [0.4, 0.5) is 9.59 Å². The minimum Gasteiger partial charge on any atom is -0.530 e. The van der Waals surface area contributed by atoms with Crippen LogP contribution in [0.15, 0.2) is 0 Å². The molecule has 15 heteroatoms. The van der Waals surface area contributed by atoms with Gasteiger partial charge in [0, 0.05) is 52.4 Å². The second kappa shape index (κ2) is 17.7. The molecule has 0 spiro atoms. The number of carboxylic acid groups (broad SMARTS) is 3. The number of aliphatic carboxylic acids is 1. The molecule has 0 aliphatic carbocycles. The monoisotopic (exact) mass is 447 g/mol. The number of nitrogens with zero attached hydrogens (tertiary/aromatic N) is 1. The molecule has 178 valence electrons. The van der Waals surface area contributed by atoms with Gasteiger partial charge in [0.05, 0.1) is 13.1 Å². The van der Waals surface area contributed by atoms with E-state index in [1.54, 1.807) is 0 Å². The van der Waals surface area contributed by atoms with Crippen LogP contribution >= 0.6 is 0 Å². The number of amides is 4. The molecule has 0 bridgehead atoms. The van der Waals surface area contributed by atoms with Crippen molar-refractivity contribution in [3.8, 4) is 0 Å². The highest BCUT2D eigenvalue weighted by Gasteiger charge is 2.09. The average molecular weight is 447 g/mol. The van der Waals surface area contributed by atoms with E-state index in [4.69, 9.17) is 5.11 Å². The molecule has 0 saturated heterocycles. The summed E-state index contributed by atoms with van der Waals surface area (Å²) in [6, 6.07) is 0. The van der Waals surface area contributed by atoms with Crippen LogP contribution < -0.4 is 42.1 Å². The predicted molar refractivity (Wildman–Crippen MR) is 103 cm³/mol. The Bertz CT molecular complexity index is 590. The third-order valence-electron chi connectivity index (χ3n) is 3.53. The molecule has 0 radical (unpaired) electrons. The van der Waals surface area contributed by atoms with Crippen molar-refractivity contribution < 1.29 is 39.3 Å². The Balaban J connectivity index is 3.53. The summed E-state index contributed by atoms with van der Waals surface area (Å²) >= 11 is 0. The number of nitrogens with one attached hydrogen (secondary N) is 6. The Kier molecular flexibility index (Phi) is 15.9. The molecule has 0 unspecified atom stereocenters. The van der Waals surface area contributed by atoms with Gasteiger partial charge in [0.15, 0.2) is 0 Å². The van der Waals surface area contributed by atoms with Gasteiger partial charge in [-0.3, -0.25) is 14.4 Å². The van der Waals surface area contributed by atoms with E-state index in [-0.39, 0.29) is 51.1 Å². The second-order valence-electron chi connectivity index (χ2n) is 6.10. The highest BCUT2D eigenvalue weighted by molar-refractivity contribution is 5.78. The van der Waals surface area contributed by atoms with Gasteiger partial charge in [-0.05, 0) is 0 Å². The van der Waals surface area contributed by atoms with Crippen LogP contribution in [0.25, 0.3) is 0 Å². The first-order valence-electron chi connectivity index (χ1n) is 9.50. The van der Waals surface area contributed by atoms with Crippen molar-refractivity contribution in [2.75, 3.05) is 72.0 Å². The number of carbonyl (C=O) groups is 5. The number of carbonyl (C=O) groups excluding carboxylic acids is 4. The van der Waals surface area contributed by atoms with Crippen molar-refractivity contribution in [3.63, 3.8) is 0 Å². The summed E-state index contributed by atoms with van der Waals surface area (Å²) in [6.45, 7) is 1.56. The lowest BCUT2D eigenvalue weighted by molar-refractivity contribution is -0.265. The third kappa shape index (κ3) is 18.6. The largest absolute Gasteiger partial charge is 0.530 e. The molecule has 0 saturated carbocycles. The van der Waals surface area contributed by atoms with E-state index in [0.29, 0.717) is 31.1 Å². The zero-order valence-corrected chi connectivity index (χ0v) is 17.0. The van der Waals surface area contributed by atoms with E-state index in [0.717, 1.165) is 0 Å². The van der Waals surface area contributed by atoms with E-state index in [1.807, 2.05) is 5.32 Å². The molecule has 0 aliphatic heterocycles. The van der Waals surface area contributed by atoms with Gasteiger partial charge in [-0.25, -0.2) is 0 Å². The molecule has 0 rings (SSSR count). The quantitative estimate of drug-likeness (QED) is 0.0977. The molecular weight excluding hydrogens is 418 g/mol. The van der Waals surface area contributed by atoms with Gasteiger partial charge >= 0.3 is 5.97 Å². The first-order valence-corrected chi connectivity index (χ1v) is 9.50. The molecule has 0 aromatic carbocycles. The van der Waals surface area contributed by atoms with Crippen LogP contribution in [0.2, 0.25) is 0 Å². The van der Waals surface area contributed by atoms with E-state index in [1.165, 1.54) is 0 Å². The average Bonchev–Trinajstić information content (AvgIpc) is 2.68. The zero-order chi connectivity index (χ0) is 23.5. The normalized spacial score (nSPS) is 10.2. The van der Waals surface area contributed by atoms with Gasteiger partial charge in [-0.1, -0.05) is 0 Å². The first kappa shape index (κ1) is 27.8. The molecule has 4 amide bonds. The number of carboxylic acids is 1. The number of hydrogen-bond acceptors (Lipinski definition) is 10. The molecule has 0 heterocycles. The van der Waals surface area contributed by atoms with E-state index in [2.05, 4.69) is 26.6 Å². The first-order chi connectivity index (χ1) is 14.7. The predicted octanol–water partition coefficient (Wildman–Crippen LogP) is -6.35. The Hall–Kier alpha value is -3.17. The Labute approximate surface area is 178 Å². The third-order valence-corrected chi connectivity index (χ3v) is 3.53. The molecule has 0 aromatic rings. The molecule has 0 atom stereocenters. The number of rotatable bonds is 18. The minimum absolute atomic E-state index is 0.0111. The summed E-state index contributed by atoms with van der Waals surface area (Å²) in [5.41, 5.74) is 0. The standard InChI is InChI=1S/C16H31N7O8/c24-12(20-5-6-22-15(28)29)9-18-3-1-17-2-4-19-10-13(25)21-7-8-23(16(30)31)11-14(26)27/h17-19,22H,1-11H2,(H,20,24)(H,21,25)(H,26,27)(H,28,29)(H,30,31)/p-2. The van der Waals surface area contributed by atoms with Gasteiger partial charge < -0.3 is 61.7 Å². The Morgan fingerprint density at radius 3 is 1.65 bits per heavy atom. The van der Waals surface area contributed by atoms with Crippen LogP contribution in [0.1, 0.15) is 0 Å². The van der Waals surface area contributed by atoms with Crippen molar-refractivity contribution in [2.24, 2.45) is 0 Å². The van der Waals surface area contributed by atoms with Crippen LogP contribution in [0, 0.1) is 0 Å². The molecular formula is C16H29N7O8-2. The molecule has 7 N–H and O–H groups in total. The maximum Gasteiger partial charge on any atom is 0.323 e. The van der Waals surface area contributed by atoms with E-state index >= 15 is 0 Å². The lowest BCUT2D eigenvalue weighted by Crippen LogP contribution is -2.48. The highest BCUT2D eigenvalue weighted by atomic mass is 16.4.